The number of carbonyl (C=O) groups excluding carboxylic acids is 2. The van der Waals surface area contributed by atoms with Crippen molar-refractivity contribution in [3.05, 3.63) is 95.6 Å². The van der Waals surface area contributed by atoms with Crippen LogP contribution < -0.4 is 24.6 Å². The number of fused-ring (bicyclic) bond motifs is 1. The fourth-order valence-electron chi connectivity index (χ4n) is 4.85. The van der Waals surface area contributed by atoms with E-state index in [9.17, 15) is 19.5 Å². The molecule has 218 valence electrons. The van der Waals surface area contributed by atoms with Gasteiger partial charge in [-0.1, -0.05) is 48.5 Å². The number of amides is 2. The molecular weight excluding hydrogens is 534 g/mol. The van der Waals surface area contributed by atoms with Gasteiger partial charge in [0.25, 0.3) is 5.91 Å². The minimum absolute atomic E-state index is 0.0951. The first kappa shape index (κ1) is 29.9. The van der Waals surface area contributed by atoms with Gasteiger partial charge in [0.05, 0.1) is 38.6 Å². The minimum Gasteiger partial charge on any atom is -0.493 e. The highest BCUT2D eigenvalue weighted by Crippen LogP contribution is 2.32. The van der Waals surface area contributed by atoms with Gasteiger partial charge in [0.2, 0.25) is 6.41 Å². The first-order chi connectivity index (χ1) is 20.3. The standard InChI is InChI=1S/C33H35N3O6/c1-35(18-16-32(38)39)29-20-25(33(40)34-17-15-23-11-14-30(41-2)31(19-23)42-3)12-13-28(29)36(22-37)21-26-9-6-8-24-7-4-5-10-27(24)26/h4-14,19-20,22H,15-18,21H2,1-3H3,(H,34,40)(H,38,39). The fourth-order valence-corrected chi connectivity index (χ4v) is 4.85. The molecule has 0 saturated heterocycles. The van der Waals surface area contributed by atoms with Crippen molar-refractivity contribution in [1.29, 1.82) is 0 Å². The molecule has 0 fully saturated rings. The lowest BCUT2D eigenvalue weighted by atomic mass is 10.0. The lowest BCUT2D eigenvalue weighted by Gasteiger charge is -2.27. The molecule has 9 heteroatoms. The predicted octanol–water partition coefficient (Wildman–Crippen LogP) is 4.90. The molecule has 0 aromatic heterocycles. The molecule has 9 nitrogen and oxygen atoms in total. The van der Waals surface area contributed by atoms with Gasteiger partial charge < -0.3 is 29.7 Å². The van der Waals surface area contributed by atoms with Crippen LogP contribution in [0.1, 0.15) is 27.9 Å². The summed E-state index contributed by atoms with van der Waals surface area (Å²) in [4.78, 5) is 40.1. The van der Waals surface area contributed by atoms with E-state index < -0.39 is 5.97 Å². The summed E-state index contributed by atoms with van der Waals surface area (Å²) in [6.07, 6.45) is 1.25. The summed E-state index contributed by atoms with van der Waals surface area (Å²) in [7, 11) is 4.90. The van der Waals surface area contributed by atoms with Crippen molar-refractivity contribution in [2.45, 2.75) is 19.4 Å². The van der Waals surface area contributed by atoms with Crippen molar-refractivity contribution in [3.8, 4) is 11.5 Å². The first-order valence-corrected chi connectivity index (χ1v) is 13.6. The number of anilines is 2. The van der Waals surface area contributed by atoms with Gasteiger partial charge in [-0.3, -0.25) is 14.4 Å². The largest absolute Gasteiger partial charge is 0.493 e. The summed E-state index contributed by atoms with van der Waals surface area (Å²) in [6, 6.07) is 24.6. The first-order valence-electron chi connectivity index (χ1n) is 13.6. The van der Waals surface area contributed by atoms with Crippen LogP contribution in [0, 0.1) is 0 Å². The SMILES string of the molecule is COc1ccc(CCNC(=O)c2ccc(N(C=O)Cc3cccc4ccccc34)c(N(C)CCC(=O)O)c2)cc1OC. The van der Waals surface area contributed by atoms with Crippen molar-refractivity contribution in [3.63, 3.8) is 0 Å². The zero-order valence-electron chi connectivity index (χ0n) is 24.0. The van der Waals surface area contributed by atoms with Crippen molar-refractivity contribution < 1.29 is 29.0 Å². The van der Waals surface area contributed by atoms with Crippen molar-refractivity contribution in [2.24, 2.45) is 0 Å². The number of rotatable bonds is 14. The number of hydrogen-bond acceptors (Lipinski definition) is 6. The van der Waals surface area contributed by atoms with Crippen LogP contribution in [0.4, 0.5) is 11.4 Å². The summed E-state index contributed by atoms with van der Waals surface area (Å²) in [6.45, 7) is 0.900. The topological polar surface area (TPSA) is 108 Å². The van der Waals surface area contributed by atoms with Crippen LogP contribution in [0.25, 0.3) is 10.8 Å². The predicted molar refractivity (Wildman–Crippen MR) is 164 cm³/mol. The third kappa shape index (κ3) is 7.17. The number of hydrogen-bond donors (Lipinski definition) is 2. The fraction of sp³-hybridized carbons (Fsp3) is 0.242. The number of carbonyl (C=O) groups is 3. The van der Waals surface area contributed by atoms with Crippen molar-refractivity contribution >= 4 is 40.4 Å². The molecule has 4 aromatic carbocycles. The maximum atomic E-state index is 13.1. The molecule has 0 aliphatic heterocycles. The number of carboxylic acids is 1. The van der Waals surface area contributed by atoms with Crippen LogP contribution in [-0.2, 0) is 22.6 Å². The molecule has 0 aliphatic carbocycles. The quantitative estimate of drug-likeness (QED) is 0.208. The molecule has 0 radical (unpaired) electrons. The molecule has 2 N–H and O–H groups in total. The Kier molecular flexibility index (Phi) is 9.99. The Bertz CT molecular complexity index is 1570. The van der Waals surface area contributed by atoms with Crippen LogP contribution in [-0.4, -0.2) is 57.7 Å². The second-order valence-electron chi connectivity index (χ2n) is 9.84. The second-order valence-corrected chi connectivity index (χ2v) is 9.84. The van der Waals surface area contributed by atoms with Crippen molar-refractivity contribution in [2.75, 3.05) is 44.2 Å². The van der Waals surface area contributed by atoms with E-state index in [1.54, 1.807) is 49.3 Å². The summed E-state index contributed by atoms with van der Waals surface area (Å²) < 4.78 is 10.6. The highest BCUT2D eigenvalue weighted by molar-refractivity contribution is 5.97. The Hall–Kier alpha value is -5.05. The molecule has 0 aliphatic rings. The smallest absolute Gasteiger partial charge is 0.305 e. The van der Waals surface area contributed by atoms with Crippen LogP contribution in [0.3, 0.4) is 0 Å². The second kappa shape index (κ2) is 14.0. The highest BCUT2D eigenvalue weighted by atomic mass is 16.5. The van der Waals surface area contributed by atoms with Crippen LogP contribution in [0.15, 0.2) is 78.9 Å². The van der Waals surface area contributed by atoms with Gasteiger partial charge >= 0.3 is 5.97 Å². The van der Waals surface area contributed by atoms with E-state index in [0.717, 1.165) is 28.3 Å². The summed E-state index contributed by atoms with van der Waals surface area (Å²) in [5, 5.41) is 14.3. The molecular formula is C33H35N3O6. The Balaban J connectivity index is 1.56. The van der Waals surface area contributed by atoms with Gasteiger partial charge in [-0.05, 0) is 58.7 Å². The van der Waals surface area contributed by atoms with Gasteiger partial charge in [-0.25, -0.2) is 0 Å². The third-order valence-electron chi connectivity index (χ3n) is 7.11. The van der Waals surface area contributed by atoms with Crippen LogP contribution in [0.5, 0.6) is 11.5 Å². The normalized spacial score (nSPS) is 10.6. The van der Waals surface area contributed by atoms with Gasteiger partial charge in [0, 0.05) is 25.7 Å². The number of ether oxygens (including phenoxy) is 2. The summed E-state index contributed by atoms with van der Waals surface area (Å²) in [5.74, 6) is 0.0426. The number of aliphatic carboxylic acids is 1. The Labute approximate surface area is 245 Å². The number of nitrogens with zero attached hydrogens (tertiary/aromatic N) is 2. The van der Waals surface area contributed by atoms with E-state index in [1.807, 2.05) is 60.7 Å². The van der Waals surface area contributed by atoms with E-state index >= 15 is 0 Å². The number of carboxylic acid groups (broad SMARTS) is 1. The van der Waals surface area contributed by atoms with Crippen molar-refractivity contribution in [1.82, 2.24) is 5.32 Å². The van der Waals surface area contributed by atoms with Gasteiger partial charge in [0.15, 0.2) is 11.5 Å². The monoisotopic (exact) mass is 569 g/mol. The zero-order chi connectivity index (χ0) is 30.1. The van der Waals surface area contributed by atoms with Crippen LogP contribution in [0.2, 0.25) is 0 Å². The van der Waals surface area contributed by atoms with E-state index in [1.165, 1.54) is 0 Å². The van der Waals surface area contributed by atoms with Gasteiger partial charge in [-0.2, -0.15) is 0 Å². The average molecular weight is 570 g/mol. The number of nitrogens with one attached hydrogen (secondary N) is 1. The Morgan fingerprint density at radius 3 is 2.40 bits per heavy atom. The van der Waals surface area contributed by atoms with E-state index in [-0.39, 0.29) is 18.9 Å². The molecule has 42 heavy (non-hydrogen) atoms. The number of benzene rings is 4. The van der Waals surface area contributed by atoms with E-state index in [2.05, 4.69) is 5.32 Å². The molecule has 0 atom stereocenters. The molecule has 2 amide bonds. The molecule has 0 unspecified atom stereocenters. The maximum Gasteiger partial charge on any atom is 0.305 e. The molecule has 0 bridgehead atoms. The van der Waals surface area contributed by atoms with E-state index in [0.29, 0.717) is 47.9 Å². The van der Waals surface area contributed by atoms with Gasteiger partial charge in [0.1, 0.15) is 0 Å². The summed E-state index contributed by atoms with van der Waals surface area (Å²) in [5.41, 5.74) is 3.51. The molecule has 0 heterocycles. The highest BCUT2D eigenvalue weighted by Gasteiger charge is 2.19. The molecule has 4 aromatic rings. The maximum absolute atomic E-state index is 13.1. The van der Waals surface area contributed by atoms with E-state index in [4.69, 9.17) is 9.47 Å². The molecule has 4 rings (SSSR count). The third-order valence-corrected chi connectivity index (χ3v) is 7.11. The summed E-state index contributed by atoms with van der Waals surface area (Å²) >= 11 is 0. The Morgan fingerprint density at radius 2 is 1.67 bits per heavy atom. The lowest BCUT2D eigenvalue weighted by Crippen LogP contribution is -2.29. The number of methoxy groups -OCH3 is 2. The lowest BCUT2D eigenvalue weighted by molar-refractivity contribution is -0.136. The average Bonchev–Trinajstić information content (AvgIpc) is 3.02. The molecule has 0 spiro atoms. The molecule has 0 saturated carbocycles. The minimum atomic E-state index is -0.935. The zero-order valence-corrected chi connectivity index (χ0v) is 24.0. The Morgan fingerprint density at radius 1 is 0.905 bits per heavy atom. The van der Waals surface area contributed by atoms with Crippen LogP contribution >= 0.6 is 0 Å². The van der Waals surface area contributed by atoms with Gasteiger partial charge in [-0.15, -0.1) is 0 Å².